The summed E-state index contributed by atoms with van der Waals surface area (Å²) in [6, 6.07) is 0. The second kappa shape index (κ2) is 7.85. The summed E-state index contributed by atoms with van der Waals surface area (Å²) in [6.45, 7) is 2.06. The van der Waals surface area contributed by atoms with Gasteiger partial charge in [0.15, 0.2) is 8.68 Å². The highest BCUT2D eigenvalue weighted by Crippen LogP contribution is 2.39. The first kappa shape index (κ1) is 17.7. The van der Waals surface area contributed by atoms with Crippen LogP contribution in [-0.2, 0) is 17.6 Å². The molecule has 24 heavy (non-hydrogen) atoms. The van der Waals surface area contributed by atoms with Gasteiger partial charge in [-0.2, -0.15) is 0 Å². The number of hydrogen-bond donors (Lipinski definition) is 2. The fourth-order valence-corrected chi connectivity index (χ4v) is 6.51. The highest BCUT2D eigenvalue weighted by atomic mass is 32.2. The van der Waals surface area contributed by atoms with Crippen LogP contribution < -0.4 is 11.1 Å². The first-order valence-electron chi connectivity index (χ1n) is 7.41. The van der Waals surface area contributed by atoms with E-state index in [2.05, 4.69) is 22.4 Å². The average molecular weight is 401 g/mol. The van der Waals surface area contributed by atoms with Gasteiger partial charge in [0.1, 0.15) is 5.00 Å². The summed E-state index contributed by atoms with van der Waals surface area (Å²) >= 11 is 5.93. The van der Waals surface area contributed by atoms with Gasteiger partial charge in [0, 0.05) is 4.88 Å². The quantitative estimate of drug-likeness (QED) is 0.693. The lowest BCUT2D eigenvalue weighted by molar-refractivity contribution is -0.113. The maximum absolute atomic E-state index is 12.2. The van der Waals surface area contributed by atoms with Crippen molar-refractivity contribution in [3.8, 4) is 0 Å². The van der Waals surface area contributed by atoms with Gasteiger partial charge < -0.3 is 11.1 Å². The van der Waals surface area contributed by atoms with Crippen LogP contribution in [0.15, 0.2) is 8.68 Å². The Balaban J connectivity index is 1.62. The molecule has 0 aliphatic heterocycles. The van der Waals surface area contributed by atoms with Gasteiger partial charge in [-0.3, -0.25) is 9.59 Å². The van der Waals surface area contributed by atoms with Crippen LogP contribution in [0.4, 0.5) is 5.00 Å². The van der Waals surface area contributed by atoms with Crippen molar-refractivity contribution < 1.29 is 9.59 Å². The Bertz CT molecular complexity index is 771. The minimum absolute atomic E-state index is 0.165. The van der Waals surface area contributed by atoms with E-state index in [1.165, 1.54) is 34.4 Å². The van der Waals surface area contributed by atoms with Crippen molar-refractivity contribution in [1.82, 2.24) is 10.2 Å². The van der Waals surface area contributed by atoms with Crippen molar-refractivity contribution in [2.75, 3.05) is 16.8 Å². The number of hydrogen-bond acceptors (Lipinski definition) is 8. The molecule has 0 atom stereocenters. The normalized spacial score (nSPS) is 13.0. The molecule has 2 aromatic rings. The van der Waals surface area contributed by atoms with Crippen LogP contribution >= 0.6 is 46.2 Å². The summed E-state index contributed by atoms with van der Waals surface area (Å²) in [4.78, 5) is 25.1. The van der Waals surface area contributed by atoms with Crippen molar-refractivity contribution in [2.45, 2.75) is 34.9 Å². The lowest BCUT2D eigenvalue weighted by Crippen LogP contribution is -2.18. The van der Waals surface area contributed by atoms with Gasteiger partial charge in [-0.25, -0.2) is 0 Å². The summed E-state index contributed by atoms with van der Waals surface area (Å²) in [5.74, 6) is 0.537. The third-order valence-corrected chi connectivity index (χ3v) is 7.68. The first-order valence-corrected chi connectivity index (χ1v) is 11.0. The standard InChI is InChI=1S/C14H16N4O2S4/c1-2-21-13-17-18-14(24-13)22-6-9(19)16-12-10(11(15)20)7-4-3-5-8(7)23-12/h2-6H2,1H3,(H2,15,20)(H,16,19). The third kappa shape index (κ3) is 3.93. The van der Waals surface area contributed by atoms with Gasteiger partial charge in [0.25, 0.3) is 5.91 Å². The number of anilines is 1. The predicted octanol–water partition coefficient (Wildman–Crippen LogP) is 3.03. The van der Waals surface area contributed by atoms with Crippen LogP contribution in [-0.4, -0.2) is 33.5 Å². The molecule has 2 aromatic heterocycles. The van der Waals surface area contributed by atoms with E-state index in [0.717, 1.165) is 44.1 Å². The average Bonchev–Trinajstić information content (AvgIpc) is 3.20. The number of fused-ring (bicyclic) bond motifs is 1. The lowest BCUT2D eigenvalue weighted by Gasteiger charge is -2.05. The maximum atomic E-state index is 12.2. The second-order valence-electron chi connectivity index (χ2n) is 5.03. The maximum Gasteiger partial charge on any atom is 0.251 e. The third-order valence-electron chi connectivity index (χ3n) is 3.40. The SMILES string of the molecule is CCSc1nnc(SCC(=O)Nc2sc3c(c2C(N)=O)CCC3)s1. The monoisotopic (exact) mass is 400 g/mol. The molecule has 0 unspecified atom stereocenters. The van der Waals surface area contributed by atoms with E-state index in [0.29, 0.717) is 10.6 Å². The molecule has 3 rings (SSSR count). The topological polar surface area (TPSA) is 98.0 Å². The summed E-state index contributed by atoms with van der Waals surface area (Å²) in [5, 5.41) is 11.5. The zero-order valence-corrected chi connectivity index (χ0v) is 16.2. The Morgan fingerprint density at radius 2 is 1.96 bits per heavy atom. The van der Waals surface area contributed by atoms with Crippen molar-refractivity contribution >= 4 is 63.0 Å². The van der Waals surface area contributed by atoms with Crippen LogP contribution in [0.25, 0.3) is 0 Å². The molecule has 0 radical (unpaired) electrons. The Morgan fingerprint density at radius 1 is 1.21 bits per heavy atom. The van der Waals surface area contributed by atoms with E-state index >= 15 is 0 Å². The van der Waals surface area contributed by atoms with Crippen molar-refractivity contribution in [2.24, 2.45) is 5.73 Å². The minimum atomic E-state index is -0.470. The number of carbonyl (C=O) groups is 2. The number of amides is 2. The number of aromatic nitrogens is 2. The number of nitrogens with zero attached hydrogens (tertiary/aromatic N) is 2. The van der Waals surface area contributed by atoms with Crippen LogP contribution in [0, 0.1) is 0 Å². The number of thiophene rings is 1. The molecule has 2 amide bonds. The zero-order valence-electron chi connectivity index (χ0n) is 13.0. The van der Waals surface area contributed by atoms with Crippen molar-refractivity contribution in [3.63, 3.8) is 0 Å². The van der Waals surface area contributed by atoms with Gasteiger partial charge in [-0.15, -0.1) is 21.5 Å². The molecular formula is C14H16N4O2S4. The lowest BCUT2D eigenvalue weighted by atomic mass is 10.1. The molecule has 0 fully saturated rings. The molecule has 128 valence electrons. The van der Waals surface area contributed by atoms with Gasteiger partial charge in [0.05, 0.1) is 11.3 Å². The van der Waals surface area contributed by atoms with Gasteiger partial charge in [-0.05, 0) is 30.6 Å². The van der Waals surface area contributed by atoms with Gasteiger partial charge in [0.2, 0.25) is 5.91 Å². The Labute approximate surface area is 156 Å². The minimum Gasteiger partial charge on any atom is -0.365 e. The van der Waals surface area contributed by atoms with E-state index in [1.807, 2.05) is 0 Å². The molecule has 1 aliphatic carbocycles. The zero-order chi connectivity index (χ0) is 17.1. The van der Waals surface area contributed by atoms with Crippen LogP contribution in [0.3, 0.4) is 0 Å². The van der Waals surface area contributed by atoms with E-state index < -0.39 is 5.91 Å². The molecule has 1 aliphatic rings. The van der Waals surface area contributed by atoms with Crippen LogP contribution in [0.2, 0.25) is 0 Å². The van der Waals surface area contributed by atoms with Crippen molar-refractivity contribution in [3.05, 3.63) is 16.0 Å². The van der Waals surface area contributed by atoms with E-state index in [-0.39, 0.29) is 11.7 Å². The smallest absolute Gasteiger partial charge is 0.251 e. The number of carbonyl (C=O) groups excluding carboxylic acids is 2. The van der Waals surface area contributed by atoms with Crippen LogP contribution in [0.1, 0.15) is 34.1 Å². The largest absolute Gasteiger partial charge is 0.365 e. The molecule has 2 heterocycles. The number of nitrogens with two attached hydrogens (primary N) is 1. The first-order chi connectivity index (χ1) is 11.6. The highest BCUT2D eigenvalue weighted by Gasteiger charge is 2.26. The molecule has 0 saturated carbocycles. The summed E-state index contributed by atoms with van der Waals surface area (Å²) in [6.07, 6.45) is 2.85. The van der Waals surface area contributed by atoms with Gasteiger partial charge >= 0.3 is 0 Å². The molecular weight excluding hydrogens is 384 g/mol. The van der Waals surface area contributed by atoms with Crippen LogP contribution in [0.5, 0.6) is 0 Å². The van der Waals surface area contributed by atoms with E-state index in [9.17, 15) is 9.59 Å². The molecule has 6 nitrogen and oxygen atoms in total. The molecule has 0 saturated heterocycles. The number of thioether (sulfide) groups is 2. The number of rotatable bonds is 7. The second-order valence-corrected chi connectivity index (χ2v) is 9.85. The fourth-order valence-electron chi connectivity index (χ4n) is 2.48. The Kier molecular flexibility index (Phi) is 5.80. The number of aryl methyl sites for hydroxylation is 1. The molecule has 0 bridgehead atoms. The van der Waals surface area contributed by atoms with Crippen molar-refractivity contribution in [1.29, 1.82) is 0 Å². The van der Waals surface area contributed by atoms with E-state index in [1.54, 1.807) is 11.8 Å². The summed E-state index contributed by atoms with van der Waals surface area (Å²) in [5.41, 5.74) is 7.00. The molecule has 0 aromatic carbocycles. The molecule has 10 heteroatoms. The highest BCUT2D eigenvalue weighted by molar-refractivity contribution is 8.03. The number of nitrogens with one attached hydrogen (secondary N) is 1. The summed E-state index contributed by atoms with van der Waals surface area (Å²) < 4.78 is 1.68. The van der Waals surface area contributed by atoms with E-state index in [4.69, 9.17) is 5.73 Å². The molecule has 0 spiro atoms. The predicted molar refractivity (Wildman–Crippen MR) is 101 cm³/mol. The molecule has 3 N–H and O–H groups in total. The van der Waals surface area contributed by atoms with Gasteiger partial charge in [-0.1, -0.05) is 41.8 Å². The fraction of sp³-hybridized carbons (Fsp3) is 0.429. The summed E-state index contributed by atoms with van der Waals surface area (Å²) in [7, 11) is 0. The Hall–Kier alpha value is -1.10. The Morgan fingerprint density at radius 3 is 2.67 bits per heavy atom. The number of primary amides is 1.